The van der Waals surface area contributed by atoms with Crippen molar-refractivity contribution < 1.29 is 24.2 Å². The van der Waals surface area contributed by atoms with E-state index in [-0.39, 0.29) is 25.0 Å². The monoisotopic (exact) mass is 409 g/mol. The lowest BCUT2D eigenvalue weighted by atomic mass is 10.00. The molecule has 30 heavy (non-hydrogen) atoms. The number of aromatic hydroxyl groups is 1. The Morgan fingerprint density at radius 2 is 1.77 bits per heavy atom. The van der Waals surface area contributed by atoms with Crippen molar-refractivity contribution in [3.63, 3.8) is 0 Å². The van der Waals surface area contributed by atoms with Gasteiger partial charge in [-0.1, -0.05) is 30.3 Å². The van der Waals surface area contributed by atoms with Gasteiger partial charge in [-0.3, -0.25) is 4.79 Å². The predicted molar refractivity (Wildman–Crippen MR) is 112 cm³/mol. The lowest BCUT2D eigenvalue weighted by Crippen LogP contribution is -2.42. The fourth-order valence-electron chi connectivity index (χ4n) is 3.42. The maximum atomic E-state index is 12.4. The standard InChI is InChI=1S/C23H23NO6/c1-13-16-8-10-19(25)14(2)21(16)30-23(29)17(13)9-11-20(26)24-18(22(27)28)12-15-6-4-3-5-7-15/h3-8,10,18,25H,9,11-12H2,1-2H3,(H,24,26)(H,27,28). The molecule has 0 bridgehead atoms. The van der Waals surface area contributed by atoms with Gasteiger partial charge in [-0.25, -0.2) is 9.59 Å². The molecule has 3 rings (SSSR count). The number of phenolic OH excluding ortho intramolecular Hbond substituents is 1. The Balaban J connectivity index is 1.73. The van der Waals surface area contributed by atoms with Crippen molar-refractivity contribution in [3.8, 4) is 5.75 Å². The first-order valence-corrected chi connectivity index (χ1v) is 9.59. The second-order valence-corrected chi connectivity index (χ2v) is 7.23. The van der Waals surface area contributed by atoms with Crippen LogP contribution in [-0.4, -0.2) is 28.1 Å². The molecule has 0 spiro atoms. The Kier molecular flexibility index (Phi) is 6.20. The van der Waals surface area contributed by atoms with Gasteiger partial charge in [-0.15, -0.1) is 0 Å². The molecule has 0 fully saturated rings. The number of aryl methyl sites for hydroxylation is 2. The molecule has 3 aromatic rings. The maximum Gasteiger partial charge on any atom is 0.339 e. The molecule has 3 N–H and O–H groups in total. The summed E-state index contributed by atoms with van der Waals surface area (Å²) in [6.07, 6.45) is 0.238. The molecule has 1 amide bonds. The summed E-state index contributed by atoms with van der Waals surface area (Å²) in [6.45, 7) is 3.42. The van der Waals surface area contributed by atoms with Crippen molar-refractivity contribution in [2.24, 2.45) is 0 Å². The molecular weight excluding hydrogens is 386 g/mol. The molecule has 0 radical (unpaired) electrons. The van der Waals surface area contributed by atoms with Crippen LogP contribution in [0.4, 0.5) is 0 Å². The molecule has 7 nitrogen and oxygen atoms in total. The number of fused-ring (bicyclic) bond motifs is 1. The fraction of sp³-hybridized carbons (Fsp3) is 0.261. The van der Waals surface area contributed by atoms with Gasteiger partial charge in [0, 0.05) is 29.4 Å². The van der Waals surface area contributed by atoms with Gasteiger partial charge in [0.1, 0.15) is 17.4 Å². The highest BCUT2D eigenvalue weighted by molar-refractivity contribution is 5.86. The van der Waals surface area contributed by atoms with E-state index in [1.807, 2.05) is 6.07 Å². The number of rotatable bonds is 7. The van der Waals surface area contributed by atoms with Crippen molar-refractivity contribution in [3.05, 3.63) is 75.1 Å². The first-order valence-electron chi connectivity index (χ1n) is 9.59. The average molecular weight is 409 g/mol. The molecule has 0 aliphatic rings. The van der Waals surface area contributed by atoms with Crippen LogP contribution in [0.2, 0.25) is 0 Å². The van der Waals surface area contributed by atoms with Crippen LogP contribution >= 0.6 is 0 Å². The summed E-state index contributed by atoms with van der Waals surface area (Å²) in [6, 6.07) is 11.2. The first-order chi connectivity index (χ1) is 14.3. The van der Waals surface area contributed by atoms with Gasteiger partial charge in [-0.2, -0.15) is 0 Å². The van der Waals surface area contributed by atoms with E-state index in [1.165, 1.54) is 6.07 Å². The van der Waals surface area contributed by atoms with Gasteiger partial charge in [0.15, 0.2) is 0 Å². The number of amides is 1. The molecule has 0 aliphatic heterocycles. The third-order valence-electron chi connectivity index (χ3n) is 5.19. The van der Waals surface area contributed by atoms with Crippen LogP contribution in [0.5, 0.6) is 5.75 Å². The summed E-state index contributed by atoms with van der Waals surface area (Å²) in [5.74, 6) is -1.54. The molecule has 7 heteroatoms. The van der Waals surface area contributed by atoms with Gasteiger partial charge >= 0.3 is 11.6 Å². The largest absolute Gasteiger partial charge is 0.508 e. The summed E-state index contributed by atoms with van der Waals surface area (Å²) >= 11 is 0. The van der Waals surface area contributed by atoms with Crippen LogP contribution in [0.3, 0.4) is 0 Å². The zero-order chi connectivity index (χ0) is 21.8. The van der Waals surface area contributed by atoms with Crippen LogP contribution in [0.15, 0.2) is 51.7 Å². The third-order valence-corrected chi connectivity index (χ3v) is 5.19. The zero-order valence-electron chi connectivity index (χ0n) is 16.8. The number of phenols is 1. The third kappa shape index (κ3) is 4.51. The van der Waals surface area contributed by atoms with E-state index in [4.69, 9.17) is 4.42 Å². The van der Waals surface area contributed by atoms with Crippen molar-refractivity contribution in [2.75, 3.05) is 0 Å². The van der Waals surface area contributed by atoms with Crippen molar-refractivity contribution in [1.82, 2.24) is 5.32 Å². The van der Waals surface area contributed by atoms with Crippen molar-refractivity contribution in [2.45, 2.75) is 39.2 Å². The maximum absolute atomic E-state index is 12.4. The Hall–Kier alpha value is -3.61. The topological polar surface area (TPSA) is 117 Å². The minimum Gasteiger partial charge on any atom is -0.508 e. The molecule has 1 heterocycles. The van der Waals surface area contributed by atoms with E-state index in [9.17, 15) is 24.6 Å². The van der Waals surface area contributed by atoms with Gasteiger partial charge in [0.25, 0.3) is 0 Å². The van der Waals surface area contributed by atoms with Gasteiger partial charge < -0.3 is 19.9 Å². The zero-order valence-corrected chi connectivity index (χ0v) is 16.8. The molecule has 0 saturated carbocycles. The second kappa shape index (κ2) is 8.82. The SMILES string of the molecule is Cc1c(CCC(=O)NC(Cc2ccccc2)C(=O)O)c(=O)oc2c(C)c(O)ccc12. The van der Waals surface area contributed by atoms with Crippen molar-refractivity contribution >= 4 is 22.8 Å². The normalized spacial score (nSPS) is 11.9. The van der Waals surface area contributed by atoms with Crippen LogP contribution in [-0.2, 0) is 22.4 Å². The Morgan fingerprint density at radius 3 is 2.43 bits per heavy atom. The summed E-state index contributed by atoms with van der Waals surface area (Å²) in [5.41, 5.74) is 2.06. The molecule has 2 aromatic carbocycles. The second-order valence-electron chi connectivity index (χ2n) is 7.23. The number of carbonyl (C=O) groups is 2. The molecule has 1 aromatic heterocycles. The van der Waals surface area contributed by atoms with Crippen LogP contribution in [0.25, 0.3) is 11.0 Å². The highest BCUT2D eigenvalue weighted by Gasteiger charge is 2.21. The quantitative estimate of drug-likeness (QED) is 0.517. The summed E-state index contributed by atoms with van der Waals surface area (Å²) < 4.78 is 5.37. The number of carboxylic acids is 1. The number of benzene rings is 2. The van der Waals surface area contributed by atoms with E-state index in [0.29, 0.717) is 27.7 Å². The lowest BCUT2D eigenvalue weighted by Gasteiger charge is -2.15. The minimum absolute atomic E-state index is 0.0373. The van der Waals surface area contributed by atoms with E-state index in [2.05, 4.69) is 5.32 Å². The van der Waals surface area contributed by atoms with Gasteiger partial charge in [0.2, 0.25) is 5.91 Å². The molecule has 0 aliphatic carbocycles. The number of nitrogens with one attached hydrogen (secondary N) is 1. The van der Waals surface area contributed by atoms with Crippen LogP contribution in [0.1, 0.15) is 28.7 Å². The number of carboxylic acid groups (broad SMARTS) is 1. The number of hydrogen-bond donors (Lipinski definition) is 3. The number of carbonyl (C=O) groups excluding carboxylic acids is 1. The summed E-state index contributed by atoms with van der Waals surface area (Å²) in [5, 5.41) is 22.5. The smallest absolute Gasteiger partial charge is 0.339 e. The highest BCUT2D eigenvalue weighted by Crippen LogP contribution is 2.28. The molecular formula is C23H23NO6. The lowest BCUT2D eigenvalue weighted by molar-refractivity contribution is -0.141. The molecule has 156 valence electrons. The van der Waals surface area contributed by atoms with Gasteiger partial charge in [0.05, 0.1) is 0 Å². The highest BCUT2D eigenvalue weighted by atomic mass is 16.4. The van der Waals surface area contributed by atoms with E-state index < -0.39 is 23.5 Å². The average Bonchev–Trinajstić information content (AvgIpc) is 2.71. The summed E-state index contributed by atoms with van der Waals surface area (Å²) in [4.78, 5) is 36.3. The van der Waals surface area contributed by atoms with Crippen molar-refractivity contribution in [1.29, 1.82) is 0 Å². The predicted octanol–water partition coefficient (Wildman–Crippen LogP) is 2.86. The Bertz CT molecular complexity index is 1150. The molecule has 0 saturated heterocycles. The van der Waals surface area contributed by atoms with Crippen LogP contribution < -0.4 is 10.9 Å². The Morgan fingerprint density at radius 1 is 1.07 bits per heavy atom. The van der Waals surface area contributed by atoms with Crippen LogP contribution in [0, 0.1) is 13.8 Å². The fourth-order valence-corrected chi connectivity index (χ4v) is 3.42. The first kappa shape index (κ1) is 21.1. The Labute approximate surface area is 173 Å². The summed E-state index contributed by atoms with van der Waals surface area (Å²) in [7, 11) is 0. The van der Waals surface area contributed by atoms with E-state index in [1.54, 1.807) is 44.2 Å². The van der Waals surface area contributed by atoms with Gasteiger partial charge in [-0.05, 0) is 43.5 Å². The van der Waals surface area contributed by atoms with E-state index >= 15 is 0 Å². The molecule has 1 unspecified atom stereocenters. The number of aliphatic carboxylic acids is 1. The molecule has 1 atom stereocenters. The van der Waals surface area contributed by atoms with E-state index in [0.717, 1.165) is 5.56 Å². The minimum atomic E-state index is -1.12. The number of hydrogen-bond acceptors (Lipinski definition) is 5.